The molecule has 2 N–H and O–H groups in total. The predicted octanol–water partition coefficient (Wildman–Crippen LogP) is 6.01. The van der Waals surface area contributed by atoms with E-state index in [0.717, 1.165) is 27.9 Å². The third-order valence-electron chi connectivity index (χ3n) is 4.05. The number of fused-ring (bicyclic) bond motifs is 2. The molecule has 0 saturated heterocycles. The Morgan fingerprint density at radius 1 is 0.962 bits per heavy atom. The van der Waals surface area contributed by atoms with E-state index in [4.69, 9.17) is 0 Å². The third-order valence-corrected chi connectivity index (χ3v) is 5.20. The van der Waals surface area contributed by atoms with Crippen LogP contribution in [-0.4, -0.2) is 5.71 Å². The van der Waals surface area contributed by atoms with Gasteiger partial charge < -0.3 is 5.32 Å². The van der Waals surface area contributed by atoms with E-state index in [0.29, 0.717) is 5.71 Å². The lowest BCUT2D eigenvalue weighted by Gasteiger charge is -2.21. The first-order valence-electron chi connectivity index (χ1n) is 8.04. The van der Waals surface area contributed by atoms with Crippen LogP contribution in [-0.2, 0) is 0 Å². The molecule has 3 nitrogen and oxygen atoms in total. The van der Waals surface area contributed by atoms with Gasteiger partial charge in [-0.2, -0.15) is 5.10 Å². The Bertz CT molecular complexity index is 1020. The van der Waals surface area contributed by atoms with Gasteiger partial charge in [0.2, 0.25) is 0 Å². The molecule has 26 heavy (non-hydrogen) atoms. The zero-order valence-electron chi connectivity index (χ0n) is 13.9. The van der Waals surface area contributed by atoms with Crippen LogP contribution in [0.3, 0.4) is 0 Å². The molecule has 3 aromatic rings. The van der Waals surface area contributed by atoms with Gasteiger partial charge in [0, 0.05) is 15.9 Å². The molecule has 0 radical (unpaired) electrons. The molecule has 1 aliphatic heterocycles. The van der Waals surface area contributed by atoms with Crippen LogP contribution in [0.5, 0.6) is 0 Å². The van der Waals surface area contributed by atoms with Gasteiger partial charge in [0.25, 0.3) is 0 Å². The van der Waals surface area contributed by atoms with Crippen molar-refractivity contribution in [3.05, 3.63) is 77.9 Å². The van der Waals surface area contributed by atoms with Gasteiger partial charge in [-0.25, -0.2) is 8.78 Å². The molecule has 0 saturated carbocycles. The molecule has 0 atom stereocenters. The number of anilines is 3. The maximum atomic E-state index is 13.7. The number of nitrogens with zero attached hydrogens (tertiary/aromatic N) is 1. The fourth-order valence-corrected chi connectivity index (χ4v) is 3.62. The second-order valence-electron chi connectivity index (χ2n) is 5.87. The van der Waals surface area contributed by atoms with Gasteiger partial charge in [-0.05, 0) is 48.9 Å². The van der Waals surface area contributed by atoms with Crippen LogP contribution in [0.2, 0.25) is 0 Å². The summed E-state index contributed by atoms with van der Waals surface area (Å²) in [5.41, 5.74) is 6.47. The number of rotatable bonds is 3. The molecule has 1 aliphatic rings. The second kappa shape index (κ2) is 6.80. The number of hydrogen-bond donors (Lipinski definition) is 2. The zero-order valence-corrected chi connectivity index (χ0v) is 14.7. The molecule has 3 aromatic carbocycles. The Balaban J connectivity index is 1.57. The molecular weight excluding hydrogens is 352 g/mol. The van der Waals surface area contributed by atoms with Gasteiger partial charge in [-0.1, -0.05) is 30.0 Å². The Hall–Kier alpha value is -2.86. The topological polar surface area (TPSA) is 36.4 Å². The normalized spacial score (nSPS) is 12.8. The first-order chi connectivity index (χ1) is 12.6. The van der Waals surface area contributed by atoms with Crippen molar-refractivity contribution in [3.8, 4) is 0 Å². The van der Waals surface area contributed by atoms with Crippen LogP contribution < -0.4 is 10.7 Å². The summed E-state index contributed by atoms with van der Waals surface area (Å²) in [6.07, 6.45) is 0. The number of para-hydroxylation sites is 1. The van der Waals surface area contributed by atoms with Crippen LogP contribution >= 0.6 is 11.8 Å². The van der Waals surface area contributed by atoms with E-state index in [1.54, 1.807) is 11.8 Å². The van der Waals surface area contributed by atoms with Crippen LogP contribution in [0.25, 0.3) is 0 Å². The SMILES string of the molecule is CC(=NNc1ccc(F)cc1F)c1ccc2c(c1)Nc1ccccc1S2. The molecule has 6 heteroatoms. The van der Waals surface area contributed by atoms with Crippen molar-refractivity contribution in [2.45, 2.75) is 16.7 Å². The fraction of sp³-hybridized carbons (Fsp3) is 0.0500. The lowest BCUT2D eigenvalue weighted by molar-refractivity contribution is 0.585. The minimum atomic E-state index is -0.679. The summed E-state index contributed by atoms with van der Waals surface area (Å²) in [6.45, 7) is 1.83. The Morgan fingerprint density at radius 3 is 2.62 bits per heavy atom. The average Bonchev–Trinajstić information content (AvgIpc) is 2.65. The van der Waals surface area contributed by atoms with Crippen molar-refractivity contribution in [2.75, 3.05) is 10.7 Å². The Labute approximate surface area is 154 Å². The first kappa shape index (κ1) is 16.6. The number of benzene rings is 3. The van der Waals surface area contributed by atoms with Crippen LogP contribution in [0.4, 0.5) is 25.8 Å². The van der Waals surface area contributed by atoms with Crippen LogP contribution in [0.1, 0.15) is 12.5 Å². The highest BCUT2D eigenvalue weighted by Crippen LogP contribution is 2.44. The lowest BCUT2D eigenvalue weighted by Crippen LogP contribution is -2.04. The van der Waals surface area contributed by atoms with Gasteiger partial charge in [0.05, 0.1) is 22.8 Å². The minimum Gasteiger partial charge on any atom is -0.354 e. The van der Waals surface area contributed by atoms with Gasteiger partial charge in [-0.3, -0.25) is 5.43 Å². The van der Waals surface area contributed by atoms with Crippen molar-refractivity contribution in [1.82, 2.24) is 0 Å². The standard InChI is InChI=1S/C20H15F2N3S/c1-12(24-25-16-8-7-14(21)11-15(16)22)13-6-9-20-18(10-13)23-17-4-2-3-5-19(17)26-20/h2-11,23,25H,1H3. The van der Waals surface area contributed by atoms with E-state index < -0.39 is 11.6 Å². The van der Waals surface area contributed by atoms with Crippen LogP contribution in [0.15, 0.2) is 75.6 Å². The molecule has 0 unspecified atom stereocenters. The van der Waals surface area contributed by atoms with E-state index >= 15 is 0 Å². The average molecular weight is 367 g/mol. The molecule has 130 valence electrons. The van der Waals surface area contributed by atoms with Gasteiger partial charge in [-0.15, -0.1) is 0 Å². The smallest absolute Gasteiger partial charge is 0.151 e. The van der Waals surface area contributed by atoms with Gasteiger partial charge in [0.1, 0.15) is 5.82 Å². The van der Waals surface area contributed by atoms with E-state index in [1.807, 2.05) is 43.3 Å². The highest BCUT2D eigenvalue weighted by Gasteiger charge is 2.15. The van der Waals surface area contributed by atoms with Crippen molar-refractivity contribution in [3.63, 3.8) is 0 Å². The second-order valence-corrected chi connectivity index (χ2v) is 6.95. The monoisotopic (exact) mass is 367 g/mol. The quantitative estimate of drug-likeness (QED) is 0.344. The van der Waals surface area contributed by atoms with Crippen LogP contribution in [0, 0.1) is 11.6 Å². The summed E-state index contributed by atoms with van der Waals surface area (Å²) < 4.78 is 26.6. The van der Waals surface area contributed by atoms with Gasteiger partial charge >= 0.3 is 0 Å². The molecule has 0 fully saturated rings. The molecule has 0 amide bonds. The van der Waals surface area contributed by atoms with Crippen molar-refractivity contribution < 1.29 is 8.78 Å². The molecule has 4 rings (SSSR count). The van der Waals surface area contributed by atoms with E-state index in [1.165, 1.54) is 17.0 Å². The lowest BCUT2D eigenvalue weighted by atomic mass is 10.1. The van der Waals surface area contributed by atoms with Crippen molar-refractivity contribution in [2.24, 2.45) is 5.10 Å². The summed E-state index contributed by atoms with van der Waals surface area (Å²) in [7, 11) is 0. The van der Waals surface area contributed by atoms with Crippen molar-refractivity contribution in [1.29, 1.82) is 0 Å². The maximum absolute atomic E-state index is 13.7. The van der Waals surface area contributed by atoms with Crippen molar-refractivity contribution >= 4 is 34.5 Å². The summed E-state index contributed by atoms with van der Waals surface area (Å²) in [5.74, 6) is -1.30. The van der Waals surface area contributed by atoms with E-state index in [-0.39, 0.29) is 5.69 Å². The molecule has 0 spiro atoms. The summed E-state index contributed by atoms with van der Waals surface area (Å²) in [4.78, 5) is 2.32. The van der Waals surface area contributed by atoms with E-state index in [2.05, 4.69) is 21.9 Å². The maximum Gasteiger partial charge on any atom is 0.151 e. The predicted molar refractivity (Wildman–Crippen MR) is 102 cm³/mol. The Kier molecular flexibility index (Phi) is 4.34. The Morgan fingerprint density at radius 2 is 1.77 bits per heavy atom. The number of halogens is 2. The first-order valence-corrected chi connectivity index (χ1v) is 8.85. The third kappa shape index (κ3) is 3.28. The van der Waals surface area contributed by atoms with E-state index in [9.17, 15) is 8.78 Å². The molecule has 1 heterocycles. The summed E-state index contributed by atoms with van der Waals surface area (Å²) in [6, 6.07) is 17.5. The number of nitrogens with one attached hydrogen (secondary N) is 2. The number of hydrazone groups is 1. The highest BCUT2D eigenvalue weighted by molar-refractivity contribution is 7.99. The summed E-state index contributed by atoms with van der Waals surface area (Å²) in [5, 5.41) is 7.64. The molecule has 0 bridgehead atoms. The summed E-state index contributed by atoms with van der Waals surface area (Å²) >= 11 is 1.71. The minimum absolute atomic E-state index is 0.131. The molecule has 0 aliphatic carbocycles. The number of hydrogen-bond acceptors (Lipinski definition) is 4. The highest BCUT2D eigenvalue weighted by atomic mass is 32.2. The largest absolute Gasteiger partial charge is 0.354 e. The van der Waals surface area contributed by atoms with Gasteiger partial charge in [0.15, 0.2) is 5.82 Å². The fourth-order valence-electron chi connectivity index (χ4n) is 2.65. The zero-order chi connectivity index (χ0) is 18.1. The molecular formula is C20H15F2N3S. The molecule has 0 aromatic heterocycles.